The summed E-state index contributed by atoms with van der Waals surface area (Å²) in [4.78, 5) is 12.6. The molecule has 0 aliphatic carbocycles. The Bertz CT molecular complexity index is 663. The molecule has 0 radical (unpaired) electrons. The maximum absolute atomic E-state index is 12.3. The monoisotopic (exact) mass is 298 g/mol. The van der Waals surface area contributed by atoms with E-state index in [2.05, 4.69) is 19.2 Å². The van der Waals surface area contributed by atoms with Gasteiger partial charge < -0.3 is 11.1 Å². The predicted octanol–water partition coefficient (Wildman–Crippen LogP) is 3.70. The third kappa shape index (κ3) is 3.67. The first-order valence-electron chi connectivity index (χ1n) is 6.79. The van der Waals surface area contributed by atoms with Gasteiger partial charge in [0.2, 0.25) is 0 Å². The summed E-state index contributed by atoms with van der Waals surface area (Å²) in [5, 5.41) is 2.95. The molecule has 0 heterocycles. The van der Waals surface area contributed by atoms with E-state index in [0.29, 0.717) is 16.5 Å². The summed E-state index contributed by atoms with van der Waals surface area (Å²) in [5.41, 5.74) is 8.84. The molecule has 0 spiro atoms. The molecule has 3 nitrogen and oxygen atoms in total. The van der Waals surface area contributed by atoms with Crippen molar-refractivity contribution in [2.75, 3.05) is 5.32 Å². The standard InChI is InChI=1S/C17H18N2OS/c1-11(2)14-5-3-4-6-15(14)19-17(20)13-9-7-12(8-10-13)16(18)21/h3-11H,1-2H3,(H2,18,21)(H,19,20). The Morgan fingerprint density at radius 1 is 1.05 bits per heavy atom. The number of carbonyl (C=O) groups is 1. The lowest BCUT2D eigenvalue weighted by Crippen LogP contribution is -2.14. The second kappa shape index (κ2) is 6.50. The average molecular weight is 298 g/mol. The maximum Gasteiger partial charge on any atom is 0.255 e. The Labute approximate surface area is 130 Å². The minimum absolute atomic E-state index is 0.141. The Hall–Kier alpha value is -2.20. The van der Waals surface area contributed by atoms with Crippen LogP contribution in [0, 0.1) is 0 Å². The van der Waals surface area contributed by atoms with Crippen molar-refractivity contribution in [1.82, 2.24) is 0 Å². The van der Waals surface area contributed by atoms with Crippen LogP contribution in [0.2, 0.25) is 0 Å². The van der Waals surface area contributed by atoms with Gasteiger partial charge in [-0.05, 0) is 29.7 Å². The van der Waals surface area contributed by atoms with E-state index >= 15 is 0 Å². The minimum Gasteiger partial charge on any atom is -0.389 e. The molecule has 3 N–H and O–H groups in total. The highest BCUT2D eigenvalue weighted by molar-refractivity contribution is 7.80. The molecule has 0 aliphatic heterocycles. The van der Waals surface area contributed by atoms with Gasteiger partial charge in [0, 0.05) is 16.8 Å². The first-order chi connectivity index (χ1) is 9.99. The van der Waals surface area contributed by atoms with E-state index in [1.54, 1.807) is 24.3 Å². The molecule has 0 bridgehead atoms. The van der Waals surface area contributed by atoms with Gasteiger partial charge in [-0.15, -0.1) is 0 Å². The highest BCUT2D eigenvalue weighted by atomic mass is 32.1. The summed E-state index contributed by atoms with van der Waals surface area (Å²) in [6, 6.07) is 14.8. The van der Waals surface area contributed by atoms with Crippen LogP contribution in [-0.4, -0.2) is 10.9 Å². The molecule has 108 valence electrons. The van der Waals surface area contributed by atoms with Crippen LogP contribution in [0.15, 0.2) is 48.5 Å². The fraction of sp³-hybridized carbons (Fsp3) is 0.176. The van der Waals surface area contributed by atoms with Gasteiger partial charge in [-0.25, -0.2) is 0 Å². The van der Waals surface area contributed by atoms with Crippen LogP contribution < -0.4 is 11.1 Å². The number of nitrogens with two attached hydrogens (primary N) is 1. The summed E-state index contributed by atoms with van der Waals surface area (Å²) in [6.45, 7) is 4.20. The third-order valence-electron chi connectivity index (χ3n) is 3.26. The normalized spacial score (nSPS) is 10.4. The van der Waals surface area contributed by atoms with E-state index in [0.717, 1.165) is 16.8 Å². The minimum atomic E-state index is -0.141. The van der Waals surface area contributed by atoms with Crippen molar-refractivity contribution in [1.29, 1.82) is 0 Å². The number of carbonyl (C=O) groups excluding carboxylic acids is 1. The van der Waals surface area contributed by atoms with Gasteiger partial charge in [0.05, 0.1) is 0 Å². The molecule has 0 saturated heterocycles. The van der Waals surface area contributed by atoms with Crippen molar-refractivity contribution in [2.45, 2.75) is 19.8 Å². The van der Waals surface area contributed by atoms with Crippen molar-refractivity contribution in [2.24, 2.45) is 5.73 Å². The van der Waals surface area contributed by atoms with Crippen LogP contribution >= 0.6 is 12.2 Å². The molecule has 0 fully saturated rings. The molecular formula is C17H18N2OS. The summed E-state index contributed by atoms with van der Waals surface area (Å²) >= 11 is 4.90. The number of thiocarbonyl (C=S) groups is 1. The van der Waals surface area contributed by atoms with Crippen molar-refractivity contribution in [3.8, 4) is 0 Å². The number of nitrogens with one attached hydrogen (secondary N) is 1. The smallest absolute Gasteiger partial charge is 0.255 e. The first kappa shape index (κ1) is 15.2. The number of para-hydroxylation sites is 1. The molecule has 0 atom stereocenters. The zero-order valence-electron chi connectivity index (χ0n) is 12.1. The van der Waals surface area contributed by atoms with Gasteiger partial charge in [0.15, 0.2) is 0 Å². The van der Waals surface area contributed by atoms with Gasteiger partial charge >= 0.3 is 0 Å². The van der Waals surface area contributed by atoms with E-state index in [-0.39, 0.29) is 5.91 Å². The van der Waals surface area contributed by atoms with Crippen molar-refractivity contribution < 1.29 is 4.79 Å². The molecule has 21 heavy (non-hydrogen) atoms. The Morgan fingerprint density at radius 3 is 2.19 bits per heavy atom. The van der Waals surface area contributed by atoms with Gasteiger partial charge in [-0.3, -0.25) is 4.79 Å². The molecule has 1 amide bonds. The van der Waals surface area contributed by atoms with Crippen LogP contribution in [0.5, 0.6) is 0 Å². The van der Waals surface area contributed by atoms with Crippen LogP contribution in [-0.2, 0) is 0 Å². The highest BCUT2D eigenvalue weighted by Crippen LogP contribution is 2.24. The van der Waals surface area contributed by atoms with E-state index < -0.39 is 0 Å². The lowest BCUT2D eigenvalue weighted by molar-refractivity contribution is 0.102. The lowest BCUT2D eigenvalue weighted by Gasteiger charge is -2.13. The number of benzene rings is 2. The van der Waals surface area contributed by atoms with Crippen LogP contribution in [0.3, 0.4) is 0 Å². The fourth-order valence-electron chi connectivity index (χ4n) is 2.09. The predicted molar refractivity (Wildman–Crippen MR) is 90.8 cm³/mol. The summed E-state index contributed by atoms with van der Waals surface area (Å²) in [5.74, 6) is 0.205. The number of amides is 1. The molecular weight excluding hydrogens is 280 g/mol. The number of rotatable bonds is 4. The average Bonchev–Trinajstić information content (AvgIpc) is 2.47. The SMILES string of the molecule is CC(C)c1ccccc1NC(=O)c1ccc(C(N)=S)cc1. The Kier molecular flexibility index (Phi) is 4.70. The molecule has 2 aromatic rings. The molecule has 4 heteroatoms. The summed E-state index contributed by atoms with van der Waals surface area (Å²) in [7, 11) is 0. The van der Waals surface area contributed by atoms with Gasteiger partial charge in [-0.1, -0.05) is 56.4 Å². The topological polar surface area (TPSA) is 55.1 Å². The van der Waals surface area contributed by atoms with Crippen LogP contribution in [0.4, 0.5) is 5.69 Å². The third-order valence-corrected chi connectivity index (χ3v) is 3.50. The Balaban J connectivity index is 2.20. The largest absolute Gasteiger partial charge is 0.389 e. The van der Waals surface area contributed by atoms with E-state index in [1.165, 1.54) is 0 Å². The second-order valence-corrected chi connectivity index (χ2v) is 5.58. The maximum atomic E-state index is 12.3. The second-order valence-electron chi connectivity index (χ2n) is 5.14. The van der Waals surface area contributed by atoms with E-state index in [4.69, 9.17) is 18.0 Å². The fourth-order valence-corrected chi connectivity index (χ4v) is 2.23. The van der Waals surface area contributed by atoms with E-state index in [1.807, 2.05) is 24.3 Å². The van der Waals surface area contributed by atoms with Crippen LogP contribution in [0.25, 0.3) is 0 Å². The van der Waals surface area contributed by atoms with Gasteiger partial charge in [-0.2, -0.15) is 0 Å². The van der Waals surface area contributed by atoms with Crippen molar-refractivity contribution in [3.05, 3.63) is 65.2 Å². The summed E-state index contributed by atoms with van der Waals surface area (Å²) in [6.07, 6.45) is 0. The van der Waals surface area contributed by atoms with Gasteiger partial charge in [0.1, 0.15) is 4.99 Å². The highest BCUT2D eigenvalue weighted by Gasteiger charge is 2.11. The van der Waals surface area contributed by atoms with Crippen molar-refractivity contribution in [3.63, 3.8) is 0 Å². The van der Waals surface area contributed by atoms with Gasteiger partial charge in [0.25, 0.3) is 5.91 Å². The van der Waals surface area contributed by atoms with E-state index in [9.17, 15) is 4.79 Å². The molecule has 0 unspecified atom stereocenters. The van der Waals surface area contributed by atoms with Crippen LogP contribution in [0.1, 0.15) is 41.3 Å². The number of anilines is 1. The zero-order chi connectivity index (χ0) is 15.4. The quantitative estimate of drug-likeness (QED) is 0.846. The molecule has 0 aromatic heterocycles. The first-order valence-corrected chi connectivity index (χ1v) is 7.20. The lowest BCUT2D eigenvalue weighted by atomic mass is 10.0. The molecule has 2 aromatic carbocycles. The Morgan fingerprint density at radius 2 is 1.62 bits per heavy atom. The molecule has 2 rings (SSSR count). The zero-order valence-corrected chi connectivity index (χ0v) is 12.9. The molecule has 0 aliphatic rings. The number of hydrogen-bond donors (Lipinski definition) is 2. The summed E-state index contributed by atoms with van der Waals surface area (Å²) < 4.78 is 0. The molecule has 0 saturated carbocycles. The van der Waals surface area contributed by atoms with Crippen molar-refractivity contribution >= 4 is 28.8 Å². The number of hydrogen-bond acceptors (Lipinski definition) is 2.